The maximum absolute atomic E-state index is 12.3. The minimum atomic E-state index is -3.39. The number of benzene rings is 1. The number of carboxylic acids is 1. The zero-order chi connectivity index (χ0) is 13.7. The lowest BCUT2D eigenvalue weighted by molar-refractivity contribution is -0.142. The monoisotopic (exact) mass is 268 g/mol. The van der Waals surface area contributed by atoms with Gasteiger partial charge in [-0.25, -0.2) is 8.42 Å². The van der Waals surface area contributed by atoms with Gasteiger partial charge in [-0.05, 0) is 38.3 Å². The molecule has 0 amide bonds. The van der Waals surface area contributed by atoms with Crippen LogP contribution in [0.5, 0.6) is 0 Å². The van der Waals surface area contributed by atoms with Gasteiger partial charge >= 0.3 is 5.97 Å². The van der Waals surface area contributed by atoms with Crippen LogP contribution >= 0.6 is 0 Å². The first-order valence-electron chi connectivity index (χ1n) is 5.78. The van der Waals surface area contributed by atoms with Gasteiger partial charge in [0.25, 0.3) is 0 Å². The van der Waals surface area contributed by atoms with E-state index in [-0.39, 0.29) is 4.90 Å². The molecule has 1 atom stereocenters. The highest BCUT2D eigenvalue weighted by Crippen LogP contribution is 2.39. The molecule has 0 radical (unpaired) electrons. The van der Waals surface area contributed by atoms with Crippen LogP contribution in [0.3, 0.4) is 0 Å². The standard InChI is InChI=1S/C13H16O4S/c1-8-7-9-5-4-6-10(11(9)18(8,16)17)13(2,3)12(14)15/h4-6,8H,7H2,1-3H3,(H,14,15). The number of carbonyl (C=O) groups is 1. The molecule has 4 nitrogen and oxygen atoms in total. The van der Waals surface area contributed by atoms with Crippen LogP contribution in [0.1, 0.15) is 31.9 Å². The molecular weight excluding hydrogens is 252 g/mol. The van der Waals surface area contributed by atoms with Gasteiger partial charge in [0.1, 0.15) is 0 Å². The highest BCUT2D eigenvalue weighted by atomic mass is 32.2. The van der Waals surface area contributed by atoms with Crippen LogP contribution in [-0.2, 0) is 26.5 Å². The summed E-state index contributed by atoms with van der Waals surface area (Å²) in [5.41, 5.74) is -0.0891. The summed E-state index contributed by atoms with van der Waals surface area (Å²) < 4.78 is 24.6. The predicted molar refractivity (Wildman–Crippen MR) is 67.5 cm³/mol. The van der Waals surface area contributed by atoms with Crippen LogP contribution in [0.2, 0.25) is 0 Å². The molecule has 0 aromatic heterocycles. The van der Waals surface area contributed by atoms with Gasteiger partial charge in [-0.1, -0.05) is 18.2 Å². The van der Waals surface area contributed by atoms with Crippen molar-refractivity contribution in [3.8, 4) is 0 Å². The number of rotatable bonds is 2. The van der Waals surface area contributed by atoms with E-state index in [0.29, 0.717) is 12.0 Å². The largest absolute Gasteiger partial charge is 0.481 e. The summed E-state index contributed by atoms with van der Waals surface area (Å²) in [6.45, 7) is 4.72. The molecule has 98 valence electrons. The first kappa shape index (κ1) is 13.1. The third-order valence-electron chi connectivity index (χ3n) is 3.63. The quantitative estimate of drug-likeness (QED) is 0.887. The van der Waals surface area contributed by atoms with Crippen LogP contribution in [0.25, 0.3) is 0 Å². The predicted octanol–water partition coefficient (Wildman–Crippen LogP) is 1.77. The highest BCUT2D eigenvalue weighted by molar-refractivity contribution is 7.92. The Morgan fingerprint density at radius 3 is 2.56 bits per heavy atom. The molecule has 0 spiro atoms. The Morgan fingerprint density at radius 2 is 2.00 bits per heavy atom. The van der Waals surface area contributed by atoms with E-state index in [1.807, 2.05) is 0 Å². The lowest BCUT2D eigenvalue weighted by atomic mass is 9.83. The number of fused-ring (bicyclic) bond motifs is 1. The van der Waals surface area contributed by atoms with Gasteiger partial charge in [0.15, 0.2) is 9.84 Å². The number of aliphatic carboxylic acids is 1. The van der Waals surface area contributed by atoms with Crippen LogP contribution < -0.4 is 0 Å². The lowest BCUT2D eigenvalue weighted by Crippen LogP contribution is -2.30. The van der Waals surface area contributed by atoms with Crippen molar-refractivity contribution in [2.45, 2.75) is 42.8 Å². The molecule has 1 unspecified atom stereocenters. The average Bonchev–Trinajstić information content (AvgIpc) is 2.50. The fourth-order valence-electron chi connectivity index (χ4n) is 2.31. The SMILES string of the molecule is CC1Cc2cccc(C(C)(C)C(=O)O)c2S1(=O)=O. The van der Waals surface area contributed by atoms with Crippen molar-refractivity contribution < 1.29 is 18.3 Å². The van der Waals surface area contributed by atoms with Gasteiger partial charge in [-0.2, -0.15) is 0 Å². The highest BCUT2D eigenvalue weighted by Gasteiger charge is 2.41. The molecule has 1 aromatic rings. The summed E-state index contributed by atoms with van der Waals surface area (Å²) in [5.74, 6) is -1.02. The Morgan fingerprint density at radius 1 is 1.39 bits per heavy atom. The third kappa shape index (κ3) is 1.65. The van der Waals surface area contributed by atoms with E-state index in [0.717, 1.165) is 5.56 Å². The second-order valence-corrected chi connectivity index (χ2v) is 7.59. The van der Waals surface area contributed by atoms with Gasteiger partial charge in [-0.15, -0.1) is 0 Å². The van der Waals surface area contributed by atoms with Crippen molar-refractivity contribution in [1.82, 2.24) is 0 Å². The molecule has 0 bridgehead atoms. The molecule has 1 N–H and O–H groups in total. The molecule has 1 aromatic carbocycles. The fourth-order valence-corrected chi connectivity index (χ4v) is 4.26. The topological polar surface area (TPSA) is 71.4 Å². The second-order valence-electron chi connectivity index (χ2n) is 5.28. The fraction of sp³-hybridized carbons (Fsp3) is 0.462. The maximum atomic E-state index is 12.3. The summed E-state index contributed by atoms with van der Waals surface area (Å²) in [6.07, 6.45) is 0.460. The third-order valence-corrected chi connectivity index (χ3v) is 5.90. The lowest BCUT2D eigenvalue weighted by Gasteiger charge is -2.22. The van der Waals surface area contributed by atoms with Gasteiger partial charge in [0.05, 0.1) is 15.6 Å². The number of hydrogen-bond acceptors (Lipinski definition) is 3. The Kier molecular flexibility index (Phi) is 2.77. The van der Waals surface area contributed by atoms with E-state index in [2.05, 4.69) is 0 Å². The summed E-state index contributed by atoms with van der Waals surface area (Å²) in [5, 5.41) is 8.79. The van der Waals surface area contributed by atoms with E-state index in [1.54, 1.807) is 25.1 Å². The molecule has 1 aliphatic heterocycles. The van der Waals surface area contributed by atoms with Gasteiger partial charge < -0.3 is 5.11 Å². The van der Waals surface area contributed by atoms with Crippen LogP contribution in [0.4, 0.5) is 0 Å². The summed E-state index contributed by atoms with van der Waals surface area (Å²) in [4.78, 5) is 11.5. The Bertz CT molecular complexity index is 614. The molecule has 0 saturated heterocycles. The Labute approximate surface area is 107 Å². The Hall–Kier alpha value is -1.36. The zero-order valence-electron chi connectivity index (χ0n) is 10.6. The van der Waals surface area contributed by atoms with Crippen molar-refractivity contribution in [2.75, 3.05) is 0 Å². The minimum Gasteiger partial charge on any atom is -0.481 e. The molecule has 0 aliphatic carbocycles. The molecule has 2 rings (SSSR count). The maximum Gasteiger partial charge on any atom is 0.313 e. The minimum absolute atomic E-state index is 0.227. The molecular formula is C13H16O4S. The van der Waals surface area contributed by atoms with Crippen LogP contribution in [-0.4, -0.2) is 24.7 Å². The van der Waals surface area contributed by atoms with E-state index >= 15 is 0 Å². The van der Waals surface area contributed by atoms with Gasteiger partial charge in [0.2, 0.25) is 0 Å². The molecule has 0 fully saturated rings. The summed E-state index contributed by atoms with van der Waals surface area (Å²) in [6, 6.07) is 5.09. The molecule has 1 heterocycles. The first-order valence-corrected chi connectivity index (χ1v) is 7.33. The van der Waals surface area contributed by atoms with E-state index in [1.165, 1.54) is 13.8 Å². The average molecular weight is 268 g/mol. The normalized spacial score (nSPS) is 21.6. The van der Waals surface area contributed by atoms with Crippen molar-refractivity contribution in [3.63, 3.8) is 0 Å². The smallest absolute Gasteiger partial charge is 0.313 e. The van der Waals surface area contributed by atoms with Crippen LogP contribution in [0.15, 0.2) is 23.1 Å². The molecule has 1 aliphatic rings. The molecule has 0 saturated carbocycles. The van der Waals surface area contributed by atoms with Gasteiger partial charge in [-0.3, -0.25) is 4.79 Å². The summed E-state index contributed by atoms with van der Waals surface area (Å²) >= 11 is 0. The molecule has 18 heavy (non-hydrogen) atoms. The zero-order valence-corrected chi connectivity index (χ0v) is 11.4. The van der Waals surface area contributed by atoms with Crippen molar-refractivity contribution >= 4 is 15.8 Å². The van der Waals surface area contributed by atoms with Crippen molar-refractivity contribution in [2.24, 2.45) is 0 Å². The number of hydrogen-bond donors (Lipinski definition) is 1. The molecule has 5 heteroatoms. The van der Waals surface area contributed by atoms with E-state index in [4.69, 9.17) is 0 Å². The van der Waals surface area contributed by atoms with Gasteiger partial charge in [0, 0.05) is 0 Å². The number of carboxylic acid groups (broad SMARTS) is 1. The van der Waals surface area contributed by atoms with E-state index in [9.17, 15) is 18.3 Å². The number of sulfone groups is 1. The van der Waals surface area contributed by atoms with Crippen molar-refractivity contribution in [1.29, 1.82) is 0 Å². The summed E-state index contributed by atoms with van der Waals surface area (Å²) in [7, 11) is -3.39. The second kappa shape index (κ2) is 3.82. The first-order chi connectivity index (χ1) is 8.19. The van der Waals surface area contributed by atoms with Crippen molar-refractivity contribution in [3.05, 3.63) is 29.3 Å². The Balaban J connectivity index is 2.77. The van der Waals surface area contributed by atoms with Crippen LogP contribution in [0, 0.1) is 0 Å². The van der Waals surface area contributed by atoms with E-state index < -0.39 is 26.5 Å².